The maximum atomic E-state index is 11.4. The van der Waals surface area contributed by atoms with E-state index >= 15 is 0 Å². The third kappa shape index (κ3) is 4.57. The van der Waals surface area contributed by atoms with E-state index in [1.165, 1.54) is 32.6 Å². The molecule has 4 heteroatoms. The fraction of sp³-hybridized carbons (Fsp3) is 0.529. The summed E-state index contributed by atoms with van der Waals surface area (Å²) in [5.74, 6) is 0.00658. The number of Topliss-reactive ketones (excluding diaryl/α,β-unsaturated/α-hetero) is 1. The molecule has 21 heavy (non-hydrogen) atoms. The molecule has 4 nitrogen and oxygen atoms in total. The van der Waals surface area contributed by atoms with Gasteiger partial charge in [-0.3, -0.25) is 4.79 Å². The fourth-order valence-corrected chi connectivity index (χ4v) is 2.61. The van der Waals surface area contributed by atoms with Gasteiger partial charge in [0.25, 0.3) is 0 Å². The second-order valence-electron chi connectivity index (χ2n) is 5.49. The van der Waals surface area contributed by atoms with E-state index in [2.05, 4.69) is 11.4 Å². The highest BCUT2D eigenvalue weighted by Crippen LogP contribution is 2.21. The molecule has 0 bridgehead atoms. The zero-order valence-electron chi connectivity index (χ0n) is 12.5. The van der Waals surface area contributed by atoms with E-state index < -0.39 is 0 Å². The molecule has 1 fully saturated rings. The second-order valence-corrected chi connectivity index (χ2v) is 5.49. The number of benzene rings is 1. The van der Waals surface area contributed by atoms with Gasteiger partial charge >= 0.3 is 0 Å². The van der Waals surface area contributed by atoms with Crippen LogP contribution < -0.4 is 5.32 Å². The minimum Gasteiger partial charge on any atom is -0.384 e. The van der Waals surface area contributed by atoms with Gasteiger partial charge in [-0.15, -0.1) is 0 Å². The van der Waals surface area contributed by atoms with E-state index in [1.807, 2.05) is 0 Å². The van der Waals surface area contributed by atoms with Crippen molar-refractivity contribution in [3.8, 4) is 6.07 Å². The Morgan fingerprint density at radius 1 is 1.43 bits per heavy atom. The topological polar surface area (TPSA) is 62.1 Å². The van der Waals surface area contributed by atoms with Gasteiger partial charge in [0.05, 0.1) is 17.4 Å². The predicted molar refractivity (Wildman–Crippen MR) is 82.5 cm³/mol. The van der Waals surface area contributed by atoms with Crippen LogP contribution >= 0.6 is 0 Å². The molecule has 112 valence electrons. The van der Waals surface area contributed by atoms with Crippen molar-refractivity contribution in [3.05, 3.63) is 29.3 Å². The van der Waals surface area contributed by atoms with Gasteiger partial charge in [-0.25, -0.2) is 0 Å². The van der Waals surface area contributed by atoms with Crippen molar-refractivity contribution in [2.45, 2.75) is 45.1 Å². The molecule has 0 amide bonds. The van der Waals surface area contributed by atoms with Crippen LogP contribution in [-0.4, -0.2) is 25.0 Å². The number of rotatable bonds is 7. The van der Waals surface area contributed by atoms with E-state index in [-0.39, 0.29) is 5.78 Å². The quantitative estimate of drug-likeness (QED) is 0.615. The maximum absolute atomic E-state index is 11.4. The molecule has 0 aromatic heterocycles. The maximum Gasteiger partial charge on any atom is 0.159 e. The number of nitriles is 1. The van der Waals surface area contributed by atoms with E-state index in [9.17, 15) is 4.79 Å². The van der Waals surface area contributed by atoms with Crippen molar-refractivity contribution in [1.29, 1.82) is 5.26 Å². The van der Waals surface area contributed by atoms with E-state index in [4.69, 9.17) is 10.00 Å². The summed E-state index contributed by atoms with van der Waals surface area (Å²) in [6.07, 6.45) is 6.28. The summed E-state index contributed by atoms with van der Waals surface area (Å²) in [5.41, 5.74) is 1.92. The zero-order valence-corrected chi connectivity index (χ0v) is 12.5. The van der Waals surface area contributed by atoms with Crippen LogP contribution in [0.5, 0.6) is 0 Å². The van der Waals surface area contributed by atoms with Crippen molar-refractivity contribution in [2.75, 3.05) is 18.5 Å². The standard InChI is InChI=1S/C17H22N2O2/c1-13(20)14-7-8-15(12-18)17(11-14)19-9-4-10-21-16-5-2-3-6-16/h7-8,11,16,19H,2-6,9-10H2,1H3. The summed E-state index contributed by atoms with van der Waals surface area (Å²) in [7, 11) is 0. The van der Waals surface area contributed by atoms with Crippen LogP contribution in [0.25, 0.3) is 0 Å². The molecule has 1 aromatic carbocycles. The lowest BCUT2D eigenvalue weighted by Gasteiger charge is -2.12. The van der Waals surface area contributed by atoms with Crippen LogP contribution in [0, 0.1) is 11.3 Å². The van der Waals surface area contributed by atoms with Crippen LogP contribution in [0.1, 0.15) is 54.9 Å². The molecular weight excluding hydrogens is 264 g/mol. The third-order valence-electron chi connectivity index (χ3n) is 3.84. The molecule has 2 rings (SSSR count). The van der Waals surface area contributed by atoms with Crippen molar-refractivity contribution in [2.24, 2.45) is 0 Å². The number of anilines is 1. The molecule has 0 saturated heterocycles. The van der Waals surface area contributed by atoms with Crippen LogP contribution in [0.3, 0.4) is 0 Å². The Bertz CT molecular complexity index is 528. The molecule has 0 aliphatic heterocycles. The van der Waals surface area contributed by atoms with Gasteiger partial charge in [-0.05, 0) is 44.4 Å². The summed E-state index contributed by atoms with van der Waals surface area (Å²) < 4.78 is 5.80. The molecule has 1 aromatic rings. The Morgan fingerprint density at radius 2 is 2.19 bits per heavy atom. The first-order chi connectivity index (χ1) is 10.2. The summed E-state index contributed by atoms with van der Waals surface area (Å²) in [4.78, 5) is 11.4. The monoisotopic (exact) mass is 286 g/mol. The lowest BCUT2D eigenvalue weighted by atomic mass is 10.1. The van der Waals surface area contributed by atoms with Crippen LogP contribution in [0.15, 0.2) is 18.2 Å². The Kier molecular flexibility index (Phi) is 5.77. The third-order valence-corrected chi connectivity index (χ3v) is 3.84. The molecule has 1 saturated carbocycles. The molecule has 0 radical (unpaired) electrons. The lowest BCUT2D eigenvalue weighted by Crippen LogP contribution is -2.12. The number of carbonyl (C=O) groups is 1. The number of nitrogens with one attached hydrogen (secondary N) is 1. The molecule has 1 N–H and O–H groups in total. The average molecular weight is 286 g/mol. The van der Waals surface area contributed by atoms with Crippen LogP contribution in [0.4, 0.5) is 5.69 Å². The smallest absolute Gasteiger partial charge is 0.159 e. The van der Waals surface area contributed by atoms with E-state index in [0.29, 0.717) is 17.2 Å². The van der Waals surface area contributed by atoms with Gasteiger partial charge in [-0.1, -0.05) is 12.8 Å². The fourth-order valence-electron chi connectivity index (χ4n) is 2.61. The van der Waals surface area contributed by atoms with Gasteiger partial charge in [0.15, 0.2) is 5.78 Å². The molecular formula is C17H22N2O2. The van der Waals surface area contributed by atoms with Gasteiger partial charge < -0.3 is 10.1 Å². The minimum absolute atomic E-state index is 0.00658. The lowest BCUT2D eigenvalue weighted by molar-refractivity contribution is 0.0583. The number of ether oxygens (including phenoxy) is 1. The minimum atomic E-state index is 0.00658. The molecule has 0 unspecified atom stereocenters. The Labute approximate surface area is 126 Å². The SMILES string of the molecule is CC(=O)c1ccc(C#N)c(NCCCOC2CCCC2)c1. The van der Waals surface area contributed by atoms with Gasteiger partial charge in [0.2, 0.25) is 0 Å². The molecule has 0 atom stereocenters. The highest BCUT2D eigenvalue weighted by Gasteiger charge is 2.14. The summed E-state index contributed by atoms with van der Waals surface area (Å²) in [6, 6.07) is 7.27. The number of hydrogen-bond acceptors (Lipinski definition) is 4. The normalized spacial score (nSPS) is 14.9. The first kappa shape index (κ1) is 15.5. The average Bonchev–Trinajstić information content (AvgIpc) is 3.00. The molecule has 1 aliphatic rings. The van der Waals surface area contributed by atoms with Crippen LogP contribution in [-0.2, 0) is 4.74 Å². The van der Waals surface area contributed by atoms with Crippen molar-refractivity contribution < 1.29 is 9.53 Å². The van der Waals surface area contributed by atoms with Gasteiger partial charge in [-0.2, -0.15) is 5.26 Å². The Morgan fingerprint density at radius 3 is 2.86 bits per heavy atom. The Balaban J connectivity index is 1.80. The number of nitrogens with zero attached hydrogens (tertiary/aromatic N) is 1. The predicted octanol–water partition coefficient (Wildman–Crippen LogP) is 3.52. The van der Waals surface area contributed by atoms with E-state index in [0.717, 1.165) is 25.3 Å². The van der Waals surface area contributed by atoms with Crippen LogP contribution in [0.2, 0.25) is 0 Å². The largest absolute Gasteiger partial charge is 0.384 e. The van der Waals surface area contributed by atoms with Crippen molar-refractivity contribution in [1.82, 2.24) is 0 Å². The number of hydrogen-bond donors (Lipinski definition) is 1. The number of carbonyl (C=O) groups excluding carboxylic acids is 1. The molecule has 0 spiro atoms. The zero-order chi connectivity index (χ0) is 15.1. The number of ketones is 1. The summed E-state index contributed by atoms with van der Waals surface area (Å²) in [6.45, 7) is 3.01. The molecule has 1 aliphatic carbocycles. The molecule has 0 heterocycles. The highest BCUT2D eigenvalue weighted by molar-refractivity contribution is 5.95. The van der Waals surface area contributed by atoms with E-state index in [1.54, 1.807) is 18.2 Å². The first-order valence-corrected chi connectivity index (χ1v) is 7.61. The van der Waals surface area contributed by atoms with Gasteiger partial charge in [0.1, 0.15) is 6.07 Å². The Hall–Kier alpha value is -1.86. The second kappa shape index (κ2) is 7.80. The highest BCUT2D eigenvalue weighted by atomic mass is 16.5. The van der Waals surface area contributed by atoms with Crippen molar-refractivity contribution in [3.63, 3.8) is 0 Å². The first-order valence-electron chi connectivity index (χ1n) is 7.61. The summed E-state index contributed by atoms with van der Waals surface area (Å²) >= 11 is 0. The van der Waals surface area contributed by atoms with Crippen molar-refractivity contribution >= 4 is 11.5 Å². The van der Waals surface area contributed by atoms with Gasteiger partial charge in [0, 0.05) is 18.7 Å². The summed E-state index contributed by atoms with van der Waals surface area (Å²) in [5, 5.41) is 12.3.